The summed E-state index contributed by atoms with van der Waals surface area (Å²) in [4.78, 5) is 4.23. The number of halogens is 1. The summed E-state index contributed by atoms with van der Waals surface area (Å²) in [5, 5.41) is 9.58. The van der Waals surface area contributed by atoms with Crippen LogP contribution in [0.25, 0.3) is 27.5 Å². The van der Waals surface area contributed by atoms with E-state index in [4.69, 9.17) is 0 Å². The van der Waals surface area contributed by atoms with Crippen LogP contribution in [-0.2, 0) is 6.54 Å². The Morgan fingerprint density at radius 2 is 1.41 bits per heavy atom. The topological polar surface area (TPSA) is 37.0 Å². The highest BCUT2D eigenvalue weighted by Crippen LogP contribution is 2.27. The number of pyridine rings is 1. The predicted octanol–water partition coefficient (Wildman–Crippen LogP) is 7.48. The van der Waals surface area contributed by atoms with Crippen molar-refractivity contribution >= 4 is 32.3 Å². The molecule has 4 aromatic carbocycles. The molecule has 0 aliphatic carbocycles. The lowest BCUT2D eigenvalue weighted by atomic mass is 9.95. The molecule has 0 radical (unpaired) electrons. The molecule has 37 heavy (non-hydrogen) atoms. The van der Waals surface area contributed by atoms with Gasteiger partial charge in [-0.25, -0.2) is 0 Å². The van der Waals surface area contributed by atoms with Gasteiger partial charge < -0.3 is 10.6 Å². The van der Waals surface area contributed by atoms with Crippen LogP contribution in [0.4, 0.5) is 0 Å². The van der Waals surface area contributed by atoms with Crippen LogP contribution in [0.2, 0.25) is 0 Å². The van der Waals surface area contributed by atoms with Gasteiger partial charge in [-0.1, -0.05) is 107 Å². The Kier molecular flexibility index (Phi) is 8.54. The first-order valence-corrected chi connectivity index (χ1v) is 13.4. The summed E-state index contributed by atoms with van der Waals surface area (Å²) in [5.41, 5.74) is 7.43. The Balaban J connectivity index is 1.19. The molecule has 0 atom stereocenters. The minimum atomic E-state index is 0.806. The summed E-state index contributed by atoms with van der Waals surface area (Å²) in [5.74, 6) is 0. The van der Waals surface area contributed by atoms with Crippen LogP contribution >= 0.6 is 15.9 Å². The molecule has 184 valence electrons. The molecule has 0 fully saturated rings. The lowest BCUT2D eigenvalue weighted by molar-refractivity contribution is 0.637. The SMILES string of the molecule is Brc1ccc(-c2ccc(/C(=C/CNCCNCc3cccc4cnccc34)c3ccccc3)cc2)cc1. The maximum atomic E-state index is 4.23. The van der Waals surface area contributed by atoms with Gasteiger partial charge in [-0.3, -0.25) is 4.98 Å². The third-order valence-corrected chi connectivity index (χ3v) is 7.00. The number of hydrogen-bond acceptors (Lipinski definition) is 3. The van der Waals surface area contributed by atoms with Gasteiger partial charge in [0.05, 0.1) is 0 Å². The van der Waals surface area contributed by atoms with Crippen LogP contribution in [-0.4, -0.2) is 24.6 Å². The van der Waals surface area contributed by atoms with E-state index in [-0.39, 0.29) is 0 Å². The van der Waals surface area contributed by atoms with Gasteiger partial charge in [-0.15, -0.1) is 0 Å². The van der Waals surface area contributed by atoms with Gasteiger partial charge in [-0.05, 0) is 57.0 Å². The summed E-state index contributed by atoms with van der Waals surface area (Å²) < 4.78 is 1.09. The number of hydrogen-bond donors (Lipinski definition) is 2. The number of nitrogens with one attached hydrogen (secondary N) is 2. The second-order valence-electron chi connectivity index (χ2n) is 8.96. The molecule has 0 saturated heterocycles. The number of rotatable bonds is 10. The van der Waals surface area contributed by atoms with E-state index in [1.165, 1.54) is 44.2 Å². The quantitative estimate of drug-likeness (QED) is 0.178. The summed E-state index contributed by atoms with van der Waals surface area (Å²) in [6.07, 6.45) is 6.07. The zero-order valence-electron chi connectivity index (χ0n) is 20.7. The molecule has 0 spiro atoms. The monoisotopic (exact) mass is 547 g/mol. The first-order chi connectivity index (χ1) is 18.3. The third kappa shape index (κ3) is 6.60. The van der Waals surface area contributed by atoms with Crippen molar-refractivity contribution < 1.29 is 0 Å². The molecule has 1 heterocycles. The van der Waals surface area contributed by atoms with E-state index < -0.39 is 0 Å². The standard InChI is InChI=1S/C33H30BrN3/c34-31-15-13-26(14-16-31)25-9-11-28(12-10-25)32(27-5-2-1-3-6-27)17-19-35-21-22-37-24-30-8-4-7-29-23-36-20-18-33(29)30/h1-18,20,23,35,37H,19,21-22,24H2/b32-17+. The molecule has 5 aromatic rings. The molecule has 0 saturated carbocycles. The van der Waals surface area contributed by atoms with E-state index in [2.05, 4.69) is 141 Å². The lowest BCUT2D eigenvalue weighted by Crippen LogP contribution is -2.27. The van der Waals surface area contributed by atoms with Crippen molar-refractivity contribution in [2.45, 2.75) is 6.54 Å². The Labute approximate surface area is 227 Å². The number of aromatic nitrogens is 1. The minimum Gasteiger partial charge on any atom is -0.312 e. The fourth-order valence-corrected chi connectivity index (χ4v) is 4.79. The first kappa shape index (κ1) is 25.1. The van der Waals surface area contributed by atoms with Crippen molar-refractivity contribution in [3.8, 4) is 11.1 Å². The third-order valence-electron chi connectivity index (χ3n) is 6.47. The number of fused-ring (bicyclic) bond motifs is 1. The molecule has 0 amide bonds. The van der Waals surface area contributed by atoms with Crippen molar-refractivity contribution in [2.75, 3.05) is 19.6 Å². The molecular weight excluding hydrogens is 518 g/mol. The summed E-state index contributed by atoms with van der Waals surface area (Å²) in [6, 6.07) is 36.4. The van der Waals surface area contributed by atoms with E-state index in [9.17, 15) is 0 Å². The Morgan fingerprint density at radius 3 is 2.19 bits per heavy atom. The average Bonchev–Trinajstić information content (AvgIpc) is 2.96. The molecule has 2 N–H and O–H groups in total. The number of nitrogens with zero attached hydrogens (tertiary/aromatic N) is 1. The van der Waals surface area contributed by atoms with Crippen LogP contribution in [0.3, 0.4) is 0 Å². The Morgan fingerprint density at radius 1 is 0.703 bits per heavy atom. The van der Waals surface area contributed by atoms with E-state index >= 15 is 0 Å². The van der Waals surface area contributed by atoms with Crippen LogP contribution in [0.15, 0.2) is 126 Å². The molecule has 0 bridgehead atoms. The van der Waals surface area contributed by atoms with Crippen LogP contribution in [0.1, 0.15) is 16.7 Å². The highest BCUT2D eigenvalue weighted by molar-refractivity contribution is 9.10. The molecule has 5 rings (SSSR count). The summed E-state index contributed by atoms with van der Waals surface area (Å²) in [6.45, 7) is 3.45. The van der Waals surface area contributed by atoms with Gasteiger partial charge in [0.2, 0.25) is 0 Å². The van der Waals surface area contributed by atoms with Gasteiger partial charge in [0.1, 0.15) is 0 Å². The molecule has 0 aliphatic heterocycles. The van der Waals surface area contributed by atoms with Crippen molar-refractivity contribution in [3.63, 3.8) is 0 Å². The molecular formula is C33H30BrN3. The van der Waals surface area contributed by atoms with Crippen LogP contribution < -0.4 is 10.6 Å². The second kappa shape index (κ2) is 12.6. The van der Waals surface area contributed by atoms with Gasteiger partial charge in [0.25, 0.3) is 0 Å². The number of benzene rings is 4. The first-order valence-electron chi connectivity index (χ1n) is 12.6. The predicted molar refractivity (Wildman–Crippen MR) is 159 cm³/mol. The van der Waals surface area contributed by atoms with Crippen LogP contribution in [0.5, 0.6) is 0 Å². The van der Waals surface area contributed by atoms with Crippen molar-refractivity contribution in [1.82, 2.24) is 15.6 Å². The van der Waals surface area contributed by atoms with Gasteiger partial charge in [0, 0.05) is 48.4 Å². The van der Waals surface area contributed by atoms with E-state index in [0.717, 1.165) is 30.7 Å². The van der Waals surface area contributed by atoms with Gasteiger partial charge in [0.15, 0.2) is 0 Å². The fourth-order valence-electron chi connectivity index (χ4n) is 4.52. The van der Waals surface area contributed by atoms with Gasteiger partial charge in [-0.2, -0.15) is 0 Å². The minimum absolute atomic E-state index is 0.806. The normalized spacial score (nSPS) is 11.6. The molecule has 0 unspecified atom stereocenters. The average molecular weight is 549 g/mol. The maximum absolute atomic E-state index is 4.23. The second-order valence-corrected chi connectivity index (χ2v) is 9.88. The van der Waals surface area contributed by atoms with E-state index in [1.807, 2.05) is 12.4 Å². The zero-order chi connectivity index (χ0) is 25.3. The fraction of sp³-hybridized carbons (Fsp3) is 0.121. The largest absolute Gasteiger partial charge is 0.312 e. The highest BCUT2D eigenvalue weighted by Gasteiger charge is 2.06. The summed E-state index contributed by atoms with van der Waals surface area (Å²) in [7, 11) is 0. The molecule has 0 aliphatic rings. The molecule has 4 heteroatoms. The Hall–Kier alpha value is -3.57. The van der Waals surface area contributed by atoms with Crippen molar-refractivity contribution in [2.24, 2.45) is 0 Å². The Bertz CT molecular complexity index is 1450. The highest BCUT2D eigenvalue weighted by atomic mass is 79.9. The lowest BCUT2D eigenvalue weighted by Gasteiger charge is -2.11. The van der Waals surface area contributed by atoms with Gasteiger partial charge >= 0.3 is 0 Å². The molecule has 3 nitrogen and oxygen atoms in total. The van der Waals surface area contributed by atoms with E-state index in [0.29, 0.717) is 0 Å². The van der Waals surface area contributed by atoms with E-state index in [1.54, 1.807) is 0 Å². The zero-order valence-corrected chi connectivity index (χ0v) is 22.3. The van der Waals surface area contributed by atoms with Crippen molar-refractivity contribution in [3.05, 3.63) is 143 Å². The molecule has 1 aromatic heterocycles. The van der Waals surface area contributed by atoms with Crippen molar-refractivity contribution in [1.29, 1.82) is 0 Å². The smallest absolute Gasteiger partial charge is 0.0346 e. The maximum Gasteiger partial charge on any atom is 0.0346 e. The van der Waals surface area contributed by atoms with Crippen LogP contribution in [0, 0.1) is 0 Å². The summed E-state index contributed by atoms with van der Waals surface area (Å²) >= 11 is 3.52.